The number of anilines is 1. The van der Waals surface area contributed by atoms with E-state index in [-0.39, 0.29) is 49.0 Å². The van der Waals surface area contributed by atoms with Gasteiger partial charge in [0.15, 0.2) is 0 Å². The van der Waals surface area contributed by atoms with Crippen LogP contribution < -0.4 is 15.4 Å². The van der Waals surface area contributed by atoms with E-state index in [4.69, 9.17) is 9.47 Å². The second-order valence-corrected chi connectivity index (χ2v) is 9.76. The second-order valence-electron chi connectivity index (χ2n) is 9.76. The number of nitrogens with one attached hydrogen (secondary N) is 2. The number of carbonyl (C=O) groups excluding carboxylic acids is 2. The first-order chi connectivity index (χ1) is 16.5. The van der Waals surface area contributed by atoms with Gasteiger partial charge in [0, 0.05) is 23.6 Å². The largest absolute Gasteiger partial charge is 0.487 e. The first-order valence-corrected chi connectivity index (χ1v) is 12.2. The highest BCUT2D eigenvalue weighted by Crippen LogP contribution is 2.47. The molecule has 5 atom stereocenters. The van der Waals surface area contributed by atoms with Crippen LogP contribution in [-0.4, -0.2) is 41.8 Å². The molecule has 3 N–H and O–H groups in total. The normalized spacial score (nSPS) is 26.1. The summed E-state index contributed by atoms with van der Waals surface area (Å²) in [7, 11) is 0. The molecule has 2 amide bonds. The van der Waals surface area contributed by atoms with E-state index < -0.39 is 6.10 Å². The van der Waals surface area contributed by atoms with Gasteiger partial charge in [0.1, 0.15) is 18.0 Å². The molecule has 0 bridgehead atoms. The molecule has 2 fully saturated rings. The molecular formula is C27H32N2O5. The molecule has 0 aromatic heterocycles. The summed E-state index contributed by atoms with van der Waals surface area (Å²) in [6.45, 7) is 1.78. The van der Waals surface area contributed by atoms with E-state index in [0.29, 0.717) is 18.8 Å². The van der Waals surface area contributed by atoms with Crippen molar-refractivity contribution in [3.05, 3.63) is 59.7 Å². The number of benzene rings is 2. The molecule has 2 aromatic carbocycles. The van der Waals surface area contributed by atoms with Gasteiger partial charge in [0.05, 0.1) is 25.2 Å². The number of ether oxygens (including phenoxy) is 2. The fraction of sp³-hybridized carbons (Fsp3) is 0.481. The van der Waals surface area contributed by atoms with Crippen molar-refractivity contribution in [2.75, 3.05) is 11.9 Å². The van der Waals surface area contributed by atoms with Crippen LogP contribution in [0.5, 0.6) is 5.75 Å². The molecule has 1 saturated carbocycles. The van der Waals surface area contributed by atoms with Crippen LogP contribution in [0.1, 0.15) is 62.1 Å². The Kier molecular flexibility index (Phi) is 6.57. The summed E-state index contributed by atoms with van der Waals surface area (Å²) >= 11 is 0. The maximum atomic E-state index is 12.8. The van der Waals surface area contributed by atoms with Crippen LogP contribution in [0, 0.1) is 5.92 Å². The van der Waals surface area contributed by atoms with Gasteiger partial charge in [0.2, 0.25) is 11.8 Å². The quantitative estimate of drug-likeness (QED) is 0.554. The third-order valence-electron chi connectivity index (χ3n) is 7.04. The Morgan fingerprint density at radius 3 is 2.62 bits per heavy atom. The molecule has 180 valence electrons. The van der Waals surface area contributed by atoms with Gasteiger partial charge in [-0.1, -0.05) is 30.3 Å². The summed E-state index contributed by atoms with van der Waals surface area (Å²) in [4.78, 5) is 25.0. The predicted molar refractivity (Wildman–Crippen MR) is 128 cm³/mol. The average molecular weight is 465 g/mol. The number of aliphatic hydroxyl groups is 1. The highest BCUT2D eigenvalue weighted by Gasteiger charge is 2.46. The Bertz CT molecular complexity index is 1040. The first-order valence-electron chi connectivity index (χ1n) is 12.2. The van der Waals surface area contributed by atoms with E-state index in [1.807, 2.05) is 55.5 Å². The number of hydrogen-bond acceptors (Lipinski definition) is 5. The van der Waals surface area contributed by atoms with Crippen molar-refractivity contribution in [3.63, 3.8) is 0 Å². The summed E-state index contributed by atoms with van der Waals surface area (Å²) in [6.07, 6.45) is 2.52. The molecule has 1 saturated heterocycles. The van der Waals surface area contributed by atoms with Gasteiger partial charge in [-0.2, -0.15) is 0 Å². The fourth-order valence-corrected chi connectivity index (χ4v) is 5.10. The standard InChI is InChI=1S/C27H32N2O5/c1-16(18-5-3-2-4-6-18)28-26(32)14-20-13-22-21-12-19(29-25(31)11-17-7-8-17)9-10-23(21)34-27(22)24(15-30)33-20/h2-6,9-10,12,16-17,20,22,24,27,30H,7-8,11,13-15H2,1H3,(H,28,32)(H,29,31)/t16-,20-,22-,24+,27+/m1/s1. The number of carbonyl (C=O) groups is 2. The smallest absolute Gasteiger partial charge is 0.224 e. The van der Waals surface area contributed by atoms with Crippen LogP contribution in [0.15, 0.2) is 48.5 Å². The molecule has 3 aliphatic rings. The van der Waals surface area contributed by atoms with Crippen molar-refractivity contribution in [1.29, 1.82) is 0 Å². The van der Waals surface area contributed by atoms with Crippen molar-refractivity contribution in [2.24, 2.45) is 5.92 Å². The molecule has 2 heterocycles. The maximum Gasteiger partial charge on any atom is 0.224 e. The lowest BCUT2D eigenvalue weighted by molar-refractivity contribution is -0.142. The van der Waals surface area contributed by atoms with Gasteiger partial charge in [-0.25, -0.2) is 0 Å². The van der Waals surface area contributed by atoms with Crippen molar-refractivity contribution >= 4 is 17.5 Å². The van der Waals surface area contributed by atoms with Crippen LogP contribution >= 0.6 is 0 Å². The highest BCUT2D eigenvalue weighted by molar-refractivity contribution is 5.91. The summed E-state index contributed by atoms with van der Waals surface area (Å²) < 4.78 is 12.2. The number of hydrogen-bond donors (Lipinski definition) is 3. The van der Waals surface area contributed by atoms with Crippen LogP contribution in [0.2, 0.25) is 0 Å². The highest BCUT2D eigenvalue weighted by atomic mass is 16.6. The molecule has 34 heavy (non-hydrogen) atoms. The van der Waals surface area contributed by atoms with E-state index in [9.17, 15) is 14.7 Å². The van der Waals surface area contributed by atoms with E-state index in [0.717, 1.165) is 35.4 Å². The predicted octanol–water partition coefficient (Wildman–Crippen LogP) is 3.69. The van der Waals surface area contributed by atoms with E-state index in [1.54, 1.807) is 0 Å². The zero-order valence-electron chi connectivity index (χ0n) is 19.4. The number of fused-ring (bicyclic) bond motifs is 3. The zero-order chi connectivity index (χ0) is 23.7. The molecule has 1 aliphatic carbocycles. The van der Waals surface area contributed by atoms with Gasteiger partial charge in [-0.05, 0) is 55.9 Å². The Hall–Kier alpha value is -2.90. The number of aliphatic hydroxyl groups excluding tert-OH is 1. The maximum absolute atomic E-state index is 12.8. The lowest BCUT2D eigenvalue weighted by Crippen LogP contribution is -2.47. The minimum absolute atomic E-state index is 0.00877. The van der Waals surface area contributed by atoms with Crippen molar-refractivity contribution in [2.45, 2.75) is 69.3 Å². The Labute approximate surface area is 199 Å². The molecule has 7 nitrogen and oxygen atoms in total. The van der Waals surface area contributed by atoms with Crippen molar-refractivity contribution in [3.8, 4) is 5.75 Å². The molecule has 7 heteroatoms. The molecule has 0 unspecified atom stereocenters. The molecule has 0 radical (unpaired) electrons. The monoisotopic (exact) mass is 464 g/mol. The second kappa shape index (κ2) is 9.76. The van der Waals surface area contributed by atoms with Gasteiger partial charge in [-0.15, -0.1) is 0 Å². The first kappa shape index (κ1) is 22.9. The zero-order valence-corrected chi connectivity index (χ0v) is 19.4. The number of amides is 2. The Morgan fingerprint density at radius 1 is 1.09 bits per heavy atom. The Morgan fingerprint density at radius 2 is 1.88 bits per heavy atom. The van der Waals surface area contributed by atoms with E-state index in [2.05, 4.69) is 10.6 Å². The molecule has 5 rings (SSSR count). The molecule has 2 aliphatic heterocycles. The summed E-state index contributed by atoms with van der Waals surface area (Å²) in [6, 6.07) is 15.4. The van der Waals surface area contributed by atoms with Gasteiger partial charge >= 0.3 is 0 Å². The lowest BCUT2D eigenvalue weighted by atomic mass is 9.84. The molecular weight excluding hydrogens is 432 g/mol. The summed E-state index contributed by atoms with van der Waals surface area (Å²) in [5.74, 6) is 1.22. The third kappa shape index (κ3) is 5.10. The van der Waals surface area contributed by atoms with Crippen LogP contribution in [0.25, 0.3) is 0 Å². The van der Waals surface area contributed by atoms with Crippen LogP contribution in [0.3, 0.4) is 0 Å². The third-order valence-corrected chi connectivity index (χ3v) is 7.04. The van der Waals surface area contributed by atoms with Crippen LogP contribution in [-0.2, 0) is 14.3 Å². The summed E-state index contributed by atoms with van der Waals surface area (Å²) in [5.41, 5.74) is 2.80. The summed E-state index contributed by atoms with van der Waals surface area (Å²) in [5, 5.41) is 16.0. The fourth-order valence-electron chi connectivity index (χ4n) is 5.10. The molecule has 2 aromatic rings. The minimum atomic E-state index is -0.511. The van der Waals surface area contributed by atoms with Gasteiger partial charge in [-0.3, -0.25) is 9.59 Å². The molecule has 0 spiro atoms. The SMILES string of the molecule is C[C@@H](NC(=O)C[C@H]1C[C@@H]2c3cc(NC(=O)CC4CC4)ccc3O[C@@H]2[C@H](CO)O1)c1ccccc1. The van der Waals surface area contributed by atoms with E-state index in [1.165, 1.54) is 0 Å². The number of rotatable bonds is 8. The average Bonchev–Trinajstić information content (AvgIpc) is 3.57. The minimum Gasteiger partial charge on any atom is -0.487 e. The van der Waals surface area contributed by atoms with Crippen LogP contribution in [0.4, 0.5) is 5.69 Å². The topological polar surface area (TPSA) is 96.9 Å². The van der Waals surface area contributed by atoms with Gasteiger partial charge < -0.3 is 25.2 Å². The lowest BCUT2D eigenvalue weighted by Gasteiger charge is -2.37. The van der Waals surface area contributed by atoms with Crippen molar-refractivity contribution < 1.29 is 24.2 Å². The van der Waals surface area contributed by atoms with E-state index >= 15 is 0 Å². The Balaban J connectivity index is 1.25. The van der Waals surface area contributed by atoms with Gasteiger partial charge in [0.25, 0.3) is 0 Å². The van der Waals surface area contributed by atoms with Crippen molar-refractivity contribution in [1.82, 2.24) is 5.32 Å².